The maximum Gasteiger partial charge on any atom is 0.159 e. The number of hydrogen-bond donors (Lipinski definition) is 1. The summed E-state index contributed by atoms with van der Waals surface area (Å²) in [4.78, 5) is 15.9. The van der Waals surface area contributed by atoms with Gasteiger partial charge in [-0.2, -0.15) is 5.26 Å². The minimum atomic E-state index is -0.00594. The normalized spacial score (nSPS) is 14.3. The molecule has 1 aliphatic heterocycles. The smallest absolute Gasteiger partial charge is 0.159 e. The number of ketones is 1. The van der Waals surface area contributed by atoms with Gasteiger partial charge < -0.3 is 14.9 Å². The molecular weight excluding hydrogens is 302 g/mol. The van der Waals surface area contributed by atoms with E-state index in [1.165, 1.54) is 6.92 Å². The molecule has 0 saturated carbocycles. The van der Waals surface area contributed by atoms with Gasteiger partial charge in [0.15, 0.2) is 5.78 Å². The fourth-order valence-corrected chi connectivity index (χ4v) is 3.03. The summed E-state index contributed by atoms with van der Waals surface area (Å²) in [7, 11) is 0. The Morgan fingerprint density at radius 1 is 1.04 bits per heavy atom. The maximum absolute atomic E-state index is 11.6. The molecule has 3 rings (SSSR count). The highest BCUT2D eigenvalue weighted by atomic mass is 16.3. The third-order valence-corrected chi connectivity index (χ3v) is 4.37. The number of benzene rings is 2. The van der Waals surface area contributed by atoms with Gasteiger partial charge in [-0.1, -0.05) is 12.1 Å². The predicted molar refractivity (Wildman–Crippen MR) is 93.7 cm³/mol. The Kier molecular flexibility index (Phi) is 4.39. The molecule has 0 radical (unpaired) electrons. The first-order valence-corrected chi connectivity index (χ1v) is 7.93. The van der Waals surface area contributed by atoms with Crippen LogP contribution in [0.25, 0.3) is 0 Å². The van der Waals surface area contributed by atoms with Gasteiger partial charge in [-0.25, -0.2) is 0 Å². The number of anilines is 2. The number of carbonyl (C=O) groups excluding carboxylic acids is 1. The van der Waals surface area contributed by atoms with Crippen molar-refractivity contribution >= 4 is 17.2 Å². The van der Waals surface area contributed by atoms with Crippen LogP contribution in [0.2, 0.25) is 0 Å². The lowest BCUT2D eigenvalue weighted by molar-refractivity contribution is 0.101. The van der Waals surface area contributed by atoms with Crippen LogP contribution in [0, 0.1) is 11.3 Å². The van der Waals surface area contributed by atoms with Crippen LogP contribution < -0.4 is 9.80 Å². The van der Waals surface area contributed by atoms with E-state index in [1.54, 1.807) is 24.3 Å². The zero-order valence-electron chi connectivity index (χ0n) is 13.6. The van der Waals surface area contributed by atoms with Crippen LogP contribution in [0.3, 0.4) is 0 Å². The monoisotopic (exact) mass is 321 g/mol. The third kappa shape index (κ3) is 3.04. The number of carbonyl (C=O) groups is 1. The van der Waals surface area contributed by atoms with Crippen LogP contribution in [0.5, 0.6) is 5.75 Å². The van der Waals surface area contributed by atoms with Crippen molar-refractivity contribution in [1.29, 1.82) is 5.26 Å². The molecule has 0 aliphatic carbocycles. The molecule has 24 heavy (non-hydrogen) atoms. The summed E-state index contributed by atoms with van der Waals surface area (Å²) in [5.74, 6) is 0.274. The van der Waals surface area contributed by atoms with Crippen molar-refractivity contribution in [2.24, 2.45) is 0 Å². The summed E-state index contributed by atoms with van der Waals surface area (Å²) in [6, 6.07) is 14.7. The van der Waals surface area contributed by atoms with E-state index in [0.717, 1.165) is 37.6 Å². The van der Waals surface area contributed by atoms with E-state index in [-0.39, 0.29) is 11.5 Å². The number of nitriles is 1. The minimum Gasteiger partial charge on any atom is -0.506 e. The molecule has 1 saturated heterocycles. The number of nitrogens with zero attached hydrogens (tertiary/aromatic N) is 3. The minimum absolute atomic E-state index is 0.00594. The average Bonchev–Trinajstić information content (AvgIpc) is 2.61. The second kappa shape index (κ2) is 6.63. The summed E-state index contributed by atoms with van der Waals surface area (Å²) in [5, 5.41) is 19.3. The number of aromatic hydroxyl groups is 1. The molecule has 0 unspecified atom stereocenters. The Bertz CT molecular complexity index is 802. The Balaban J connectivity index is 1.80. The molecule has 0 spiro atoms. The zero-order chi connectivity index (χ0) is 17.1. The standard InChI is InChI=1S/C19H19N3O2/c1-14(23)15-6-7-16(13-20)18(12-15)22-10-8-21(9-11-22)17-4-2-3-5-19(17)24/h2-7,12,24H,8-11H2,1H3. The van der Waals surface area contributed by atoms with Gasteiger partial charge in [0.2, 0.25) is 0 Å². The molecule has 0 aromatic heterocycles. The molecule has 122 valence electrons. The second-order valence-corrected chi connectivity index (χ2v) is 5.86. The molecule has 0 atom stereocenters. The van der Waals surface area contributed by atoms with Crippen LogP contribution in [-0.4, -0.2) is 37.1 Å². The van der Waals surface area contributed by atoms with Gasteiger partial charge in [-0.3, -0.25) is 4.79 Å². The number of piperazine rings is 1. The third-order valence-electron chi connectivity index (χ3n) is 4.37. The SMILES string of the molecule is CC(=O)c1ccc(C#N)c(N2CCN(c3ccccc3O)CC2)c1. The number of hydrogen-bond acceptors (Lipinski definition) is 5. The molecule has 0 amide bonds. The number of phenolic OH excluding ortho intramolecular Hbond substituents is 1. The van der Waals surface area contributed by atoms with E-state index >= 15 is 0 Å². The van der Waals surface area contributed by atoms with Crippen molar-refractivity contribution in [1.82, 2.24) is 0 Å². The second-order valence-electron chi connectivity index (χ2n) is 5.86. The Hall–Kier alpha value is -3.00. The van der Waals surface area contributed by atoms with E-state index < -0.39 is 0 Å². The van der Waals surface area contributed by atoms with Gasteiger partial charge >= 0.3 is 0 Å². The fourth-order valence-electron chi connectivity index (χ4n) is 3.03. The first kappa shape index (κ1) is 15.9. The number of phenols is 1. The highest BCUT2D eigenvalue weighted by Crippen LogP contribution is 2.29. The first-order valence-electron chi connectivity index (χ1n) is 7.93. The molecule has 1 fully saturated rings. The first-order chi connectivity index (χ1) is 11.6. The summed E-state index contributed by atoms with van der Waals surface area (Å²) in [6.07, 6.45) is 0. The lowest BCUT2D eigenvalue weighted by Crippen LogP contribution is -2.46. The van der Waals surface area contributed by atoms with Gasteiger partial charge in [-0.05, 0) is 37.3 Å². The van der Waals surface area contributed by atoms with E-state index in [1.807, 2.05) is 18.2 Å². The van der Waals surface area contributed by atoms with Gasteiger partial charge in [0.25, 0.3) is 0 Å². The highest BCUT2D eigenvalue weighted by Gasteiger charge is 2.21. The molecule has 1 heterocycles. The van der Waals surface area contributed by atoms with Crippen molar-refractivity contribution in [2.45, 2.75) is 6.92 Å². The Labute approximate surface area is 141 Å². The molecule has 5 nitrogen and oxygen atoms in total. The van der Waals surface area contributed by atoms with Crippen LogP contribution >= 0.6 is 0 Å². The molecular formula is C19H19N3O2. The average molecular weight is 321 g/mol. The maximum atomic E-state index is 11.6. The van der Waals surface area contributed by atoms with E-state index in [4.69, 9.17) is 0 Å². The van der Waals surface area contributed by atoms with E-state index in [9.17, 15) is 15.2 Å². The largest absolute Gasteiger partial charge is 0.506 e. The van der Waals surface area contributed by atoms with Gasteiger partial charge in [-0.15, -0.1) is 0 Å². The number of rotatable bonds is 3. The van der Waals surface area contributed by atoms with Crippen molar-refractivity contribution in [3.63, 3.8) is 0 Å². The van der Waals surface area contributed by atoms with Gasteiger partial charge in [0.05, 0.1) is 16.9 Å². The van der Waals surface area contributed by atoms with Crippen molar-refractivity contribution < 1.29 is 9.90 Å². The highest BCUT2D eigenvalue weighted by molar-refractivity contribution is 5.95. The van der Waals surface area contributed by atoms with Crippen molar-refractivity contribution in [3.05, 3.63) is 53.6 Å². The fraction of sp³-hybridized carbons (Fsp3) is 0.263. The van der Waals surface area contributed by atoms with Gasteiger partial charge in [0, 0.05) is 31.7 Å². The van der Waals surface area contributed by atoms with Crippen LogP contribution in [-0.2, 0) is 0 Å². The van der Waals surface area contributed by atoms with Gasteiger partial charge in [0.1, 0.15) is 11.8 Å². The van der Waals surface area contributed by atoms with Crippen molar-refractivity contribution in [3.8, 4) is 11.8 Å². The predicted octanol–water partition coefficient (Wildman–Crippen LogP) is 2.79. The van der Waals surface area contributed by atoms with Crippen molar-refractivity contribution in [2.75, 3.05) is 36.0 Å². The van der Waals surface area contributed by atoms with Crippen LogP contribution in [0.15, 0.2) is 42.5 Å². The van der Waals surface area contributed by atoms with E-state index in [0.29, 0.717) is 11.1 Å². The summed E-state index contributed by atoms with van der Waals surface area (Å²) < 4.78 is 0. The summed E-state index contributed by atoms with van der Waals surface area (Å²) >= 11 is 0. The topological polar surface area (TPSA) is 67.6 Å². The summed E-state index contributed by atoms with van der Waals surface area (Å²) in [6.45, 7) is 4.47. The zero-order valence-corrected chi connectivity index (χ0v) is 13.6. The van der Waals surface area contributed by atoms with Crippen LogP contribution in [0.1, 0.15) is 22.8 Å². The molecule has 5 heteroatoms. The van der Waals surface area contributed by atoms with Crippen LogP contribution in [0.4, 0.5) is 11.4 Å². The number of para-hydroxylation sites is 2. The Morgan fingerprint density at radius 3 is 2.25 bits per heavy atom. The molecule has 1 N–H and O–H groups in total. The molecule has 2 aromatic carbocycles. The van der Waals surface area contributed by atoms with E-state index in [2.05, 4.69) is 15.9 Å². The Morgan fingerprint density at radius 2 is 1.67 bits per heavy atom. The molecule has 0 bridgehead atoms. The number of Topliss-reactive ketones (excluding diaryl/α,β-unsaturated/α-hetero) is 1. The summed E-state index contributed by atoms with van der Waals surface area (Å²) in [5.41, 5.74) is 2.83. The quantitative estimate of drug-likeness (QED) is 0.881. The molecule has 1 aliphatic rings. The molecule has 2 aromatic rings. The lowest BCUT2D eigenvalue weighted by atomic mass is 10.1. The lowest BCUT2D eigenvalue weighted by Gasteiger charge is -2.38.